The first-order valence-corrected chi connectivity index (χ1v) is 6.21. The van der Waals surface area contributed by atoms with Gasteiger partial charge in [-0.25, -0.2) is 4.39 Å². The summed E-state index contributed by atoms with van der Waals surface area (Å²) in [7, 11) is 1.87. The number of carbonyl (C=O) groups excluding carboxylic acids is 1. The second-order valence-electron chi connectivity index (χ2n) is 4.00. The third-order valence-corrected chi connectivity index (χ3v) is 2.95. The van der Waals surface area contributed by atoms with Crippen LogP contribution in [0, 0.1) is 11.7 Å². The van der Waals surface area contributed by atoms with Gasteiger partial charge in [0.05, 0.1) is 4.47 Å². The van der Waals surface area contributed by atoms with Crippen molar-refractivity contribution in [2.24, 2.45) is 5.92 Å². The van der Waals surface area contributed by atoms with E-state index in [0.717, 1.165) is 6.54 Å². The number of rotatable bonds is 5. The highest BCUT2D eigenvalue weighted by Crippen LogP contribution is 2.16. The van der Waals surface area contributed by atoms with Crippen LogP contribution in [0.25, 0.3) is 0 Å². The van der Waals surface area contributed by atoms with Crippen LogP contribution < -0.4 is 10.6 Å². The molecule has 1 unspecified atom stereocenters. The highest BCUT2D eigenvalue weighted by molar-refractivity contribution is 9.10. The highest BCUT2D eigenvalue weighted by Gasteiger charge is 2.09. The first-order chi connectivity index (χ1) is 8.04. The van der Waals surface area contributed by atoms with E-state index < -0.39 is 0 Å². The number of benzene rings is 1. The van der Waals surface area contributed by atoms with Gasteiger partial charge in [-0.3, -0.25) is 4.79 Å². The predicted octanol–water partition coefficient (Wildman–Crippen LogP) is 2.60. The SMILES string of the molecule is CNCC(C)CNC(=O)c1ccc(F)c(Br)c1.Cl. The van der Waals surface area contributed by atoms with Gasteiger partial charge in [0.15, 0.2) is 0 Å². The predicted molar refractivity (Wildman–Crippen MR) is 76.8 cm³/mol. The summed E-state index contributed by atoms with van der Waals surface area (Å²) in [6, 6.07) is 4.22. The van der Waals surface area contributed by atoms with E-state index in [-0.39, 0.29) is 24.1 Å². The molecule has 1 aromatic rings. The van der Waals surface area contributed by atoms with Gasteiger partial charge >= 0.3 is 0 Å². The molecule has 1 rings (SSSR count). The molecule has 0 heterocycles. The van der Waals surface area contributed by atoms with E-state index >= 15 is 0 Å². The van der Waals surface area contributed by atoms with E-state index in [1.165, 1.54) is 18.2 Å². The molecule has 1 amide bonds. The zero-order chi connectivity index (χ0) is 12.8. The Kier molecular flexibility index (Phi) is 8.15. The van der Waals surface area contributed by atoms with Crippen molar-refractivity contribution in [1.29, 1.82) is 0 Å². The van der Waals surface area contributed by atoms with Crippen molar-refractivity contribution < 1.29 is 9.18 Å². The molecular weight excluding hydrogens is 322 g/mol. The van der Waals surface area contributed by atoms with E-state index in [4.69, 9.17) is 0 Å². The Bertz CT molecular complexity index is 404. The van der Waals surface area contributed by atoms with Crippen molar-refractivity contribution in [3.8, 4) is 0 Å². The number of nitrogens with one attached hydrogen (secondary N) is 2. The van der Waals surface area contributed by atoms with Gasteiger partial charge in [-0.2, -0.15) is 0 Å². The van der Waals surface area contributed by atoms with Crippen LogP contribution in [0.3, 0.4) is 0 Å². The molecule has 6 heteroatoms. The zero-order valence-electron chi connectivity index (χ0n) is 10.3. The molecule has 0 fully saturated rings. The Labute approximate surface area is 121 Å². The third-order valence-electron chi connectivity index (χ3n) is 2.35. The maximum atomic E-state index is 13.0. The molecular formula is C12H17BrClFN2O. The number of amides is 1. The molecule has 0 aliphatic carbocycles. The number of hydrogen-bond donors (Lipinski definition) is 2. The summed E-state index contributed by atoms with van der Waals surface area (Å²) in [6.07, 6.45) is 0. The first kappa shape index (κ1) is 17.4. The molecule has 2 N–H and O–H groups in total. The molecule has 102 valence electrons. The van der Waals surface area contributed by atoms with Crippen molar-refractivity contribution >= 4 is 34.2 Å². The molecule has 0 saturated carbocycles. The monoisotopic (exact) mass is 338 g/mol. The van der Waals surface area contributed by atoms with Gasteiger partial charge in [0.1, 0.15) is 5.82 Å². The van der Waals surface area contributed by atoms with Crippen molar-refractivity contribution in [3.05, 3.63) is 34.1 Å². The van der Waals surface area contributed by atoms with Gasteiger partial charge in [-0.15, -0.1) is 12.4 Å². The van der Waals surface area contributed by atoms with Gasteiger partial charge in [0.25, 0.3) is 5.91 Å². The second kappa shape index (κ2) is 8.45. The normalized spacial score (nSPS) is 11.6. The summed E-state index contributed by atoms with van der Waals surface area (Å²) in [5.41, 5.74) is 0.454. The smallest absolute Gasteiger partial charge is 0.251 e. The number of hydrogen-bond acceptors (Lipinski definition) is 2. The zero-order valence-corrected chi connectivity index (χ0v) is 12.7. The summed E-state index contributed by atoms with van der Waals surface area (Å²) >= 11 is 3.05. The maximum absolute atomic E-state index is 13.0. The molecule has 0 aliphatic rings. The van der Waals surface area contributed by atoms with Crippen LogP contribution >= 0.6 is 28.3 Å². The van der Waals surface area contributed by atoms with E-state index in [9.17, 15) is 9.18 Å². The lowest BCUT2D eigenvalue weighted by atomic mass is 10.1. The fourth-order valence-electron chi connectivity index (χ4n) is 1.43. The second-order valence-corrected chi connectivity index (χ2v) is 4.86. The van der Waals surface area contributed by atoms with Crippen LogP contribution in [0.2, 0.25) is 0 Å². The molecule has 0 bridgehead atoms. The van der Waals surface area contributed by atoms with Gasteiger partial charge in [-0.05, 0) is 53.6 Å². The Morgan fingerprint density at radius 2 is 2.11 bits per heavy atom. The van der Waals surface area contributed by atoms with Crippen LogP contribution in [-0.4, -0.2) is 26.0 Å². The van der Waals surface area contributed by atoms with E-state index in [1.54, 1.807) is 0 Å². The summed E-state index contributed by atoms with van der Waals surface area (Å²) in [4.78, 5) is 11.7. The topological polar surface area (TPSA) is 41.1 Å². The Balaban J connectivity index is 0.00000289. The Morgan fingerprint density at radius 1 is 1.44 bits per heavy atom. The molecule has 0 saturated heterocycles. The Morgan fingerprint density at radius 3 is 2.67 bits per heavy atom. The molecule has 1 atom stereocenters. The molecule has 1 aromatic carbocycles. The number of halogens is 3. The number of carbonyl (C=O) groups is 1. The van der Waals surface area contributed by atoms with Crippen LogP contribution in [-0.2, 0) is 0 Å². The van der Waals surface area contributed by atoms with Crippen LogP contribution in [0.1, 0.15) is 17.3 Å². The molecule has 0 spiro atoms. The summed E-state index contributed by atoms with van der Waals surface area (Å²) in [5.74, 6) is -0.202. The minimum Gasteiger partial charge on any atom is -0.352 e. The lowest BCUT2D eigenvalue weighted by molar-refractivity contribution is 0.0948. The average molecular weight is 340 g/mol. The van der Waals surface area contributed by atoms with Gasteiger partial charge in [0, 0.05) is 12.1 Å². The molecule has 0 aromatic heterocycles. The lowest BCUT2D eigenvalue weighted by Gasteiger charge is -2.12. The minimum atomic E-state index is -0.370. The molecule has 18 heavy (non-hydrogen) atoms. The largest absolute Gasteiger partial charge is 0.352 e. The van der Waals surface area contributed by atoms with Crippen molar-refractivity contribution in [2.45, 2.75) is 6.92 Å². The lowest BCUT2D eigenvalue weighted by Crippen LogP contribution is -2.32. The third kappa shape index (κ3) is 5.33. The molecule has 0 aliphatic heterocycles. The minimum absolute atomic E-state index is 0. The van der Waals surface area contributed by atoms with Gasteiger partial charge in [0.2, 0.25) is 0 Å². The van der Waals surface area contributed by atoms with E-state index in [0.29, 0.717) is 22.5 Å². The maximum Gasteiger partial charge on any atom is 0.251 e. The molecule has 0 radical (unpaired) electrons. The van der Waals surface area contributed by atoms with Crippen LogP contribution in [0.5, 0.6) is 0 Å². The Hall–Kier alpha value is -0.650. The highest BCUT2D eigenvalue weighted by atomic mass is 79.9. The fraction of sp³-hybridized carbons (Fsp3) is 0.417. The summed E-state index contributed by atoms with van der Waals surface area (Å²) in [5, 5.41) is 5.85. The first-order valence-electron chi connectivity index (χ1n) is 5.42. The quantitative estimate of drug-likeness (QED) is 0.866. The van der Waals surface area contributed by atoms with Crippen LogP contribution in [0.15, 0.2) is 22.7 Å². The van der Waals surface area contributed by atoms with Crippen molar-refractivity contribution in [1.82, 2.24) is 10.6 Å². The summed E-state index contributed by atoms with van der Waals surface area (Å²) < 4.78 is 13.3. The van der Waals surface area contributed by atoms with Crippen molar-refractivity contribution in [3.63, 3.8) is 0 Å². The summed E-state index contributed by atoms with van der Waals surface area (Å²) in [6.45, 7) is 3.47. The van der Waals surface area contributed by atoms with E-state index in [1.807, 2.05) is 14.0 Å². The standard InChI is InChI=1S/C12H16BrFN2O.ClH/c1-8(6-15-2)7-16-12(17)9-3-4-11(14)10(13)5-9;/h3-5,8,15H,6-7H2,1-2H3,(H,16,17);1H. The van der Waals surface area contributed by atoms with Crippen LogP contribution in [0.4, 0.5) is 4.39 Å². The van der Waals surface area contributed by atoms with Gasteiger partial charge in [-0.1, -0.05) is 6.92 Å². The van der Waals surface area contributed by atoms with Crippen molar-refractivity contribution in [2.75, 3.05) is 20.1 Å². The molecule has 3 nitrogen and oxygen atoms in total. The van der Waals surface area contributed by atoms with E-state index in [2.05, 4.69) is 26.6 Å². The average Bonchev–Trinajstić information content (AvgIpc) is 2.30. The van der Waals surface area contributed by atoms with Gasteiger partial charge < -0.3 is 10.6 Å². The fourth-order valence-corrected chi connectivity index (χ4v) is 1.81.